The number of carbonyl (C=O) groups is 1. The van der Waals surface area contributed by atoms with Gasteiger partial charge in [-0.3, -0.25) is 18.2 Å². The third kappa shape index (κ3) is 3.18. The maximum Gasteiger partial charge on any atom is 0.328 e. The lowest BCUT2D eigenvalue weighted by molar-refractivity contribution is -0.138. The first-order valence-electron chi connectivity index (χ1n) is 8.49. The normalized spacial score (nSPS) is 11.6. The van der Waals surface area contributed by atoms with Gasteiger partial charge < -0.3 is 4.74 Å². The molecule has 3 rings (SSSR count). The summed E-state index contributed by atoms with van der Waals surface area (Å²) >= 11 is 0. The molecule has 0 unspecified atom stereocenters. The Morgan fingerprint density at radius 2 is 1.71 bits per heavy atom. The van der Waals surface area contributed by atoms with Gasteiger partial charge in [-0.25, -0.2) is 13.2 Å². The Balaban J connectivity index is 2.20. The molecule has 0 fully saturated rings. The average Bonchev–Trinajstić information content (AvgIpc) is 2.90. The Morgan fingerprint density at radius 1 is 1.07 bits per heavy atom. The van der Waals surface area contributed by atoms with Gasteiger partial charge in [0.15, 0.2) is 0 Å². The van der Waals surface area contributed by atoms with Gasteiger partial charge in [-0.2, -0.15) is 0 Å². The first kappa shape index (κ1) is 19.7. The Labute approximate surface area is 162 Å². The molecule has 0 radical (unpaired) electrons. The van der Waals surface area contributed by atoms with Crippen LogP contribution >= 0.6 is 0 Å². The summed E-state index contributed by atoms with van der Waals surface area (Å²) in [6.45, 7) is 1.30. The van der Waals surface area contributed by atoms with Crippen molar-refractivity contribution < 1.29 is 17.9 Å². The Morgan fingerprint density at radius 3 is 2.36 bits per heavy atom. The van der Waals surface area contributed by atoms with E-state index < -0.39 is 22.5 Å². The smallest absolute Gasteiger partial charge is 0.328 e. The molecule has 0 aliphatic heterocycles. The maximum atomic E-state index is 13.4. The van der Waals surface area contributed by atoms with E-state index in [4.69, 9.17) is 0 Å². The number of sulfonamides is 1. The minimum atomic E-state index is -4.09. The SMILES string of the molecule is COC(=O)CN(c1ccccc1C)S(=O)(=O)c1ccc2c(c1)n(C)c(=O)n2C. The lowest BCUT2D eigenvalue weighted by Gasteiger charge is -2.25. The van der Waals surface area contributed by atoms with E-state index in [1.807, 2.05) is 0 Å². The summed E-state index contributed by atoms with van der Waals surface area (Å²) in [7, 11) is 0.318. The number of rotatable bonds is 5. The molecule has 148 valence electrons. The second-order valence-corrected chi connectivity index (χ2v) is 8.29. The van der Waals surface area contributed by atoms with Crippen molar-refractivity contribution in [3.63, 3.8) is 0 Å². The number of carbonyl (C=O) groups excluding carboxylic acids is 1. The summed E-state index contributed by atoms with van der Waals surface area (Å²) in [4.78, 5) is 24.0. The first-order valence-corrected chi connectivity index (χ1v) is 9.93. The molecule has 0 amide bonds. The Kier molecular flexibility index (Phi) is 5.03. The molecule has 0 saturated carbocycles. The fraction of sp³-hybridized carbons (Fsp3) is 0.263. The topological polar surface area (TPSA) is 90.6 Å². The molecule has 1 heterocycles. The van der Waals surface area contributed by atoms with Crippen LogP contribution in [0.5, 0.6) is 0 Å². The van der Waals surface area contributed by atoms with Crippen molar-refractivity contribution in [3.8, 4) is 0 Å². The number of hydrogen-bond donors (Lipinski definition) is 0. The minimum absolute atomic E-state index is 0.0200. The molecule has 1 aromatic heterocycles. The number of benzene rings is 2. The quantitative estimate of drug-likeness (QED) is 0.603. The zero-order valence-corrected chi connectivity index (χ0v) is 16.9. The zero-order chi connectivity index (χ0) is 20.6. The van der Waals surface area contributed by atoms with Crippen molar-refractivity contribution in [3.05, 3.63) is 58.5 Å². The number of methoxy groups -OCH3 is 1. The number of ether oxygens (including phenoxy) is 1. The van der Waals surface area contributed by atoms with Gasteiger partial charge in [0.05, 0.1) is 28.7 Å². The van der Waals surface area contributed by atoms with Crippen LogP contribution in [0.2, 0.25) is 0 Å². The Hall–Kier alpha value is -3.07. The summed E-state index contributed by atoms with van der Waals surface area (Å²) in [6, 6.07) is 11.3. The molecule has 3 aromatic rings. The number of aryl methyl sites for hydroxylation is 3. The van der Waals surface area contributed by atoms with E-state index in [9.17, 15) is 18.0 Å². The number of anilines is 1. The van der Waals surface area contributed by atoms with Crippen molar-refractivity contribution in [1.82, 2.24) is 9.13 Å². The van der Waals surface area contributed by atoms with Gasteiger partial charge in [0.2, 0.25) is 0 Å². The molecule has 0 atom stereocenters. The van der Waals surface area contributed by atoms with Crippen LogP contribution in [0, 0.1) is 6.92 Å². The predicted molar refractivity (Wildman–Crippen MR) is 106 cm³/mol. The van der Waals surface area contributed by atoms with Crippen molar-refractivity contribution in [1.29, 1.82) is 0 Å². The highest BCUT2D eigenvalue weighted by Gasteiger charge is 2.29. The van der Waals surface area contributed by atoms with E-state index in [2.05, 4.69) is 4.74 Å². The predicted octanol–water partition coefficient (Wildman–Crippen LogP) is 1.55. The third-order valence-corrected chi connectivity index (χ3v) is 6.47. The van der Waals surface area contributed by atoms with E-state index in [1.165, 1.54) is 28.4 Å². The van der Waals surface area contributed by atoms with Crippen LogP contribution in [0.3, 0.4) is 0 Å². The molecule has 0 bridgehead atoms. The van der Waals surface area contributed by atoms with E-state index in [0.29, 0.717) is 22.3 Å². The molecule has 0 aliphatic carbocycles. The highest BCUT2D eigenvalue weighted by Crippen LogP contribution is 2.28. The Bertz CT molecular complexity index is 1220. The summed E-state index contributed by atoms with van der Waals surface area (Å²) in [5.74, 6) is -0.681. The second kappa shape index (κ2) is 7.16. The van der Waals surface area contributed by atoms with Gasteiger partial charge in [-0.05, 0) is 36.8 Å². The number of para-hydroxylation sites is 1. The van der Waals surface area contributed by atoms with E-state index >= 15 is 0 Å². The summed E-state index contributed by atoms with van der Waals surface area (Å²) in [6.07, 6.45) is 0. The average molecular weight is 403 g/mol. The van der Waals surface area contributed by atoms with Gasteiger partial charge in [-0.15, -0.1) is 0 Å². The fourth-order valence-electron chi connectivity index (χ4n) is 3.10. The van der Waals surface area contributed by atoms with Crippen molar-refractivity contribution in [2.75, 3.05) is 18.0 Å². The lowest BCUT2D eigenvalue weighted by Crippen LogP contribution is -2.36. The number of imidazole rings is 1. The van der Waals surface area contributed by atoms with E-state index in [0.717, 1.165) is 4.31 Å². The number of aromatic nitrogens is 2. The van der Waals surface area contributed by atoms with Gasteiger partial charge >= 0.3 is 11.7 Å². The molecular weight excluding hydrogens is 382 g/mol. The van der Waals surface area contributed by atoms with Crippen LogP contribution in [0.4, 0.5) is 5.69 Å². The molecule has 0 N–H and O–H groups in total. The fourth-order valence-corrected chi connectivity index (χ4v) is 4.59. The molecule has 9 heteroatoms. The molecule has 28 heavy (non-hydrogen) atoms. The molecule has 8 nitrogen and oxygen atoms in total. The summed E-state index contributed by atoms with van der Waals surface area (Å²) in [5.41, 5.74) is 1.92. The highest BCUT2D eigenvalue weighted by molar-refractivity contribution is 7.92. The van der Waals surface area contributed by atoms with Crippen LogP contribution in [0.1, 0.15) is 5.56 Å². The number of nitrogens with zero attached hydrogens (tertiary/aromatic N) is 3. The van der Waals surface area contributed by atoms with Crippen LogP contribution in [0.25, 0.3) is 11.0 Å². The van der Waals surface area contributed by atoms with Crippen LogP contribution in [0.15, 0.2) is 52.2 Å². The third-order valence-electron chi connectivity index (χ3n) is 4.72. The van der Waals surface area contributed by atoms with Crippen LogP contribution in [-0.2, 0) is 33.7 Å². The largest absolute Gasteiger partial charge is 0.468 e. The molecule has 2 aromatic carbocycles. The number of fused-ring (bicyclic) bond motifs is 1. The summed E-state index contributed by atoms with van der Waals surface area (Å²) in [5, 5.41) is 0. The van der Waals surface area contributed by atoms with Crippen LogP contribution in [-0.4, -0.2) is 37.2 Å². The van der Waals surface area contributed by atoms with Crippen molar-refractivity contribution in [2.24, 2.45) is 14.1 Å². The minimum Gasteiger partial charge on any atom is -0.468 e. The number of esters is 1. The van der Waals surface area contributed by atoms with Crippen molar-refractivity contribution in [2.45, 2.75) is 11.8 Å². The standard InChI is InChI=1S/C19H21N3O5S/c1-13-7-5-6-8-15(13)22(12-18(23)27-4)28(25,26)14-9-10-16-17(11-14)21(3)19(24)20(16)2/h5-11H,12H2,1-4H3. The monoisotopic (exact) mass is 403 g/mol. The zero-order valence-electron chi connectivity index (χ0n) is 16.0. The number of hydrogen-bond acceptors (Lipinski definition) is 5. The summed E-state index contributed by atoms with van der Waals surface area (Å²) < 4.78 is 35.4. The maximum absolute atomic E-state index is 13.4. The lowest BCUT2D eigenvalue weighted by atomic mass is 10.2. The molecule has 0 saturated heterocycles. The second-order valence-electron chi connectivity index (χ2n) is 6.43. The van der Waals surface area contributed by atoms with Gasteiger partial charge in [0, 0.05) is 14.1 Å². The van der Waals surface area contributed by atoms with Gasteiger partial charge in [-0.1, -0.05) is 18.2 Å². The first-order chi connectivity index (χ1) is 13.2. The molecule has 0 aliphatic rings. The molecule has 0 spiro atoms. The molecular formula is C19H21N3O5S. The highest BCUT2D eigenvalue weighted by atomic mass is 32.2. The van der Waals surface area contributed by atoms with Gasteiger partial charge in [0.25, 0.3) is 10.0 Å². The van der Waals surface area contributed by atoms with Crippen LogP contribution < -0.4 is 9.99 Å². The van der Waals surface area contributed by atoms with Gasteiger partial charge in [0.1, 0.15) is 6.54 Å². The van der Waals surface area contributed by atoms with E-state index in [1.54, 1.807) is 51.4 Å². The van der Waals surface area contributed by atoms with Crippen molar-refractivity contribution >= 4 is 32.7 Å². The van der Waals surface area contributed by atoms with E-state index in [-0.39, 0.29) is 10.6 Å².